The molecule has 122 valence electrons. The van der Waals surface area contributed by atoms with Crippen molar-refractivity contribution in [1.29, 1.82) is 0 Å². The lowest BCUT2D eigenvalue weighted by Gasteiger charge is -2.16. The summed E-state index contributed by atoms with van der Waals surface area (Å²) in [5.74, 6) is 2.36. The molecule has 1 fully saturated rings. The lowest BCUT2D eigenvalue weighted by Crippen LogP contribution is -2.21. The van der Waals surface area contributed by atoms with E-state index in [1.165, 1.54) is 0 Å². The molecular weight excluding hydrogens is 302 g/mol. The fourth-order valence-electron chi connectivity index (χ4n) is 3.15. The minimum Gasteiger partial charge on any atom is -0.355 e. The average molecular weight is 321 g/mol. The van der Waals surface area contributed by atoms with E-state index >= 15 is 0 Å². The standard InChI is InChI=1S/C17H19N7/c1-23-7-5-20-17(23)15-10-21-14(9-22-15)8-13-2-6-24(12-13)16-11-18-3-4-19-16/h3-5,7,9-11,13H,2,6,8,12H2,1H3. The molecule has 0 aliphatic carbocycles. The van der Waals surface area contributed by atoms with Gasteiger partial charge in [-0.25, -0.2) is 15.0 Å². The Hall–Kier alpha value is -2.83. The summed E-state index contributed by atoms with van der Waals surface area (Å²) in [4.78, 5) is 24.2. The van der Waals surface area contributed by atoms with E-state index in [-0.39, 0.29) is 0 Å². The Balaban J connectivity index is 1.40. The summed E-state index contributed by atoms with van der Waals surface area (Å²) < 4.78 is 1.94. The van der Waals surface area contributed by atoms with Crippen LogP contribution >= 0.6 is 0 Å². The first-order valence-electron chi connectivity index (χ1n) is 8.09. The van der Waals surface area contributed by atoms with Gasteiger partial charge in [-0.05, 0) is 18.8 Å². The minimum absolute atomic E-state index is 0.570. The molecule has 0 spiro atoms. The van der Waals surface area contributed by atoms with E-state index in [0.29, 0.717) is 5.92 Å². The van der Waals surface area contributed by atoms with Crippen LogP contribution in [-0.4, -0.2) is 42.6 Å². The zero-order chi connectivity index (χ0) is 16.4. The molecule has 1 saturated heterocycles. The van der Waals surface area contributed by atoms with Crippen LogP contribution in [0.2, 0.25) is 0 Å². The maximum absolute atomic E-state index is 4.57. The molecule has 0 saturated carbocycles. The number of nitrogens with zero attached hydrogens (tertiary/aromatic N) is 7. The summed E-state index contributed by atoms with van der Waals surface area (Å²) in [5.41, 5.74) is 1.83. The second-order valence-electron chi connectivity index (χ2n) is 6.12. The molecule has 1 aliphatic rings. The van der Waals surface area contributed by atoms with Crippen molar-refractivity contribution in [3.05, 3.63) is 49.1 Å². The molecule has 7 heteroatoms. The maximum Gasteiger partial charge on any atom is 0.159 e. The van der Waals surface area contributed by atoms with Gasteiger partial charge in [0.2, 0.25) is 0 Å². The highest BCUT2D eigenvalue weighted by atomic mass is 15.2. The first-order valence-corrected chi connectivity index (χ1v) is 8.09. The molecule has 1 unspecified atom stereocenters. The summed E-state index contributed by atoms with van der Waals surface area (Å²) in [6.07, 6.45) is 14.7. The van der Waals surface area contributed by atoms with Crippen molar-refractivity contribution < 1.29 is 0 Å². The molecule has 4 rings (SSSR count). The second kappa shape index (κ2) is 6.35. The topological polar surface area (TPSA) is 72.6 Å². The van der Waals surface area contributed by atoms with Crippen LogP contribution in [0.1, 0.15) is 12.1 Å². The van der Waals surface area contributed by atoms with Crippen LogP contribution in [0.15, 0.2) is 43.4 Å². The van der Waals surface area contributed by atoms with Gasteiger partial charge in [-0.15, -0.1) is 0 Å². The Bertz CT molecular complexity index is 797. The van der Waals surface area contributed by atoms with Gasteiger partial charge in [-0.3, -0.25) is 9.97 Å². The zero-order valence-corrected chi connectivity index (χ0v) is 13.6. The molecular formula is C17H19N7. The average Bonchev–Trinajstić information content (AvgIpc) is 3.26. The van der Waals surface area contributed by atoms with Gasteiger partial charge in [0.1, 0.15) is 11.5 Å². The van der Waals surface area contributed by atoms with E-state index in [0.717, 1.165) is 49.0 Å². The molecule has 4 heterocycles. The van der Waals surface area contributed by atoms with Gasteiger partial charge in [-0.1, -0.05) is 0 Å². The molecule has 0 N–H and O–H groups in total. The van der Waals surface area contributed by atoms with E-state index < -0.39 is 0 Å². The van der Waals surface area contributed by atoms with Gasteiger partial charge in [0.25, 0.3) is 0 Å². The van der Waals surface area contributed by atoms with Crippen molar-refractivity contribution in [2.24, 2.45) is 13.0 Å². The number of hydrogen-bond acceptors (Lipinski definition) is 6. The Kier molecular flexibility index (Phi) is 3.90. The number of aromatic nitrogens is 6. The van der Waals surface area contributed by atoms with Crippen molar-refractivity contribution in [1.82, 2.24) is 29.5 Å². The van der Waals surface area contributed by atoms with Crippen LogP contribution in [-0.2, 0) is 13.5 Å². The molecule has 1 aliphatic heterocycles. The van der Waals surface area contributed by atoms with E-state index in [1.807, 2.05) is 36.4 Å². The highest BCUT2D eigenvalue weighted by Gasteiger charge is 2.24. The fraction of sp³-hybridized carbons (Fsp3) is 0.353. The van der Waals surface area contributed by atoms with Crippen LogP contribution in [0, 0.1) is 5.92 Å². The van der Waals surface area contributed by atoms with E-state index in [1.54, 1.807) is 18.6 Å². The number of hydrogen-bond donors (Lipinski definition) is 0. The first kappa shape index (κ1) is 14.7. The largest absolute Gasteiger partial charge is 0.355 e. The van der Waals surface area contributed by atoms with Crippen LogP contribution < -0.4 is 4.90 Å². The zero-order valence-electron chi connectivity index (χ0n) is 13.6. The van der Waals surface area contributed by atoms with Crippen LogP contribution in [0.5, 0.6) is 0 Å². The molecule has 24 heavy (non-hydrogen) atoms. The third-order valence-corrected chi connectivity index (χ3v) is 4.41. The Morgan fingerprint density at radius 2 is 2.00 bits per heavy atom. The maximum atomic E-state index is 4.57. The first-order chi connectivity index (χ1) is 11.8. The van der Waals surface area contributed by atoms with Gasteiger partial charge in [0, 0.05) is 51.1 Å². The summed E-state index contributed by atoms with van der Waals surface area (Å²) in [6, 6.07) is 0. The SMILES string of the molecule is Cn1ccnc1-c1cnc(CC2CCN(c3cnccn3)C2)cn1. The summed E-state index contributed by atoms with van der Waals surface area (Å²) in [5, 5.41) is 0. The van der Waals surface area contributed by atoms with Crippen molar-refractivity contribution in [2.45, 2.75) is 12.8 Å². The van der Waals surface area contributed by atoms with E-state index in [4.69, 9.17) is 0 Å². The van der Waals surface area contributed by atoms with E-state index in [2.05, 4.69) is 29.8 Å². The summed E-state index contributed by atoms with van der Waals surface area (Å²) in [6.45, 7) is 2.00. The highest BCUT2D eigenvalue weighted by Crippen LogP contribution is 2.24. The van der Waals surface area contributed by atoms with Gasteiger partial charge in [-0.2, -0.15) is 0 Å². The molecule has 0 amide bonds. The Morgan fingerprint density at radius 1 is 1.04 bits per heavy atom. The van der Waals surface area contributed by atoms with Crippen LogP contribution in [0.4, 0.5) is 5.82 Å². The minimum atomic E-state index is 0.570. The number of anilines is 1. The molecule has 7 nitrogen and oxygen atoms in total. The Morgan fingerprint density at radius 3 is 2.71 bits per heavy atom. The molecule has 0 radical (unpaired) electrons. The number of rotatable bonds is 4. The number of imidazole rings is 1. The molecule has 3 aromatic rings. The predicted molar refractivity (Wildman–Crippen MR) is 90.3 cm³/mol. The van der Waals surface area contributed by atoms with Gasteiger partial charge >= 0.3 is 0 Å². The summed E-state index contributed by atoms with van der Waals surface area (Å²) in [7, 11) is 1.96. The van der Waals surface area contributed by atoms with Gasteiger partial charge in [0.05, 0.1) is 18.1 Å². The quantitative estimate of drug-likeness (QED) is 0.729. The van der Waals surface area contributed by atoms with Crippen molar-refractivity contribution >= 4 is 5.82 Å². The molecule has 1 atom stereocenters. The number of aryl methyl sites for hydroxylation is 1. The smallest absolute Gasteiger partial charge is 0.159 e. The lowest BCUT2D eigenvalue weighted by molar-refractivity contribution is 0.576. The Labute approximate surface area is 140 Å². The highest BCUT2D eigenvalue weighted by molar-refractivity contribution is 5.47. The van der Waals surface area contributed by atoms with Crippen molar-refractivity contribution in [2.75, 3.05) is 18.0 Å². The van der Waals surface area contributed by atoms with Crippen molar-refractivity contribution in [3.63, 3.8) is 0 Å². The summed E-state index contributed by atoms with van der Waals surface area (Å²) >= 11 is 0. The fourth-order valence-corrected chi connectivity index (χ4v) is 3.15. The van der Waals surface area contributed by atoms with Gasteiger partial charge in [0.15, 0.2) is 5.82 Å². The van der Waals surface area contributed by atoms with Gasteiger partial charge < -0.3 is 9.47 Å². The van der Waals surface area contributed by atoms with Crippen LogP contribution in [0.25, 0.3) is 11.5 Å². The third-order valence-electron chi connectivity index (χ3n) is 4.41. The molecule has 3 aromatic heterocycles. The molecule has 0 bridgehead atoms. The van der Waals surface area contributed by atoms with Crippen molar-refractivity contribution in [3.8, 4) is 11.5 Å². The second-order valence-corrected chi connectivity index (χ2v) is 6.12. The normalized spacial score (nSPS) is 17.4. The van der Waals surface area contributed by atoms with E-state index in [9.17, 15) is 0 Å². The lowest BCUT2D eigenvalue weighted by atomic mass is 10.0. The van der Waals surface area contributed by atoms with Crippen LogP contribution in [0.3, 0.4) is 0 Å². The third kappa shape index (κ3) is 2.97. The molecule has 0 aromatic carbocycles. The predicted octanol–water partition coefficient (Wildman–Crippen LogP) is 1.74. The monoisotopic (exact) mass is 321 g/mol.